The number of nitrogens with zero attached hydrogens (tertiary/aromatic N) is 2. The summed E-state index contributed by atoms with van der Waals surface area (Å²) in [5.74, 6) is 0.630. The molecule has 2 N–H and O–H groups in total. The molecule has 2 amide bonds. The van der Waals surface area contributed by atoms with Crippen molar-refractivity contribution in [1.82, 2.24) is 10.2 Å². The highest BCUT2D eigenvalue weighted by Gasteiger charge is 2.21. The molecule has 0 aromatic heterocycles. The Morgan fingerprint density at radius 2 is 1.70 bits per heavy atom. The fraction of sp³-hybridized carbons (Fsp3) is 0.704. The van der Waals surface area contributed by atoms with Crippen molar-refractivity contribution in [3.8, 4) is 0 Å². The van der Waals surface area contributed by atoms with E-state index in [1.165, 1.54) is 19.3 Å². The van der Waals surface area contributed by atoms with Crippen molar-refractivity contribution in [2.75, 3.05) is 31.1 Å². The van der Waals surface area contributed by atoms with Crippen LogP contribution in [-0.2, 0) is 11.3 Å². The maximum Gasteiger partial charge on any atom is 0.251 e. The van der Waals surface area contributed by atoms with E-state index in [1.54, 1.807) is 6.92 Å². The van der Waals surface area contributed by atoms with Crippen molar-refractivity contribution in [2.45, 2.75) is 85.7 Å². The van der Waals surface area contributed by atoms with Crippen LogP contribution in [0.5, 0.6) is 0 Å². The third-order valence-corrected chi connectivity index (χ3v) is 6.60. The number of nitrogens with one attached hydrogen (secondary N) is 1. The molecule has 0 radical (unpaired) electrons. The molecule has 0 saturated heterocycles. The predicted octanol–water partition coefficient (Wildman–Crippen LogP) is 4.60. The lowest BCUT2D eigenvalue weighted by atomic mass is 10.0. The molecule has 0 bridgehead atoms. The van der Waals surface area contributed by atoms with Gasteiger partial charge >= 0.3 is 0 Å². The second-order valence-electron chi connectivity index (χ2n) is 10.2. The fourth-order valence-electron chi connectivity index (χ4n) is 4.33. The third kappa shape index (κ3) is 8.74. The van der Waals surface area contributed by atoms with Gasteiger partial charge in [0, 0.05) is 31.3 Å². The highest BCUT2D eigenvalue weighted by Crippen LogP contribution is 2.26. The van der Waals surface area contributed by atoms with Gasteiger partial charge in [-0.15, -0.1) is 0 Å². The Morgan fingerprint density at radius 3 is 2.30 bits per heavy atom. The highest BCUT2D eigenvalue weighted by atomic mass is 16.3. The molecule has 6 heteroatoms. The van der Waals surface area contributed by atoms with Gasteiger partial charge in [-0.05, 0) is 68.0 Å². The molecular weight excluding hydrogens is 414 g/mol. The minimum Gasteiger partial charge on any atom is -0.394 e. The van der Waals surface area contributed by atoms with Crippen LogP contribution in [0.15, 0.2) is 18.2 Å². The molecule has 33 heavy (non-hydrogen) atoms. The number of hydrogen-bond acceptors (Lipinski definition) is 4. The summed E-state index contributed by atoms with van der Waals surface area (Å²) in [6.45, 7) is 13.5. The second-order valence-corrected chi connectivity index (χ2v) is 10.2. The summed E-state index contributed by atoms with van der Waals surface area (Å²) < 4.78 is 0. The number of anilines is 1. The van der Waals surface area contributed by atoms with Crippen LogP contribution < -0.4 is 10.2 Å². The van der Waals surface area contributed by atoms with E-state index in [1.807, 2.05) is 36.9 Å². The van der Waals surface area contributed by atoms with Crippen LogP contribution in [-0.4, -0.2) is 54.1 Å². The van der Waals surface area contributed by atoms with Crippen LogP contribution in [0, 0.1) is 11.8 Å². The zero-order valence-corrected chi connectivity index (χ0v) is 21.4. The number of aliphatic hydroxyl groups excluding tert-OH is 1. The van der Waals surface area contributed by atoms with Crippen molar-refractivity contribution < 1.29 is 14.7 Å². The van der Waals surface area contributed by atoms with Crippen molar-refractivity contribution in [3.63, 3.8) is 0 Å². The zero-order valence-electron chi connectivity index (χ0n) is 21.4. The van der Waals surface area contributed by atoms with Gasteiger partial charge in [0.1, 0.15) is 0 Å². The van der Waals surface area contributed by atoms with E-state index < -0.39 is 0 Å². The highest BCUT2D eigenvalue weighted by molar-refractivity contribution is 5.97. The second kappa shape index (κ2) is 13.7. The maximum absolute atomic E-state index is 13.0. The first-order chi connectivity index (χ1) is 15.7. The number of aliphatic hydroxyl groups is 1. The SMILES string of the molecule is CC(=O)N1CCCCCCCN(CCC(C)C)Cc2cc(C(=O)N[C@H](CO)C(C)C)ccc21. The topological polar surface area (TPSA) is 72.9 Å². The quantitative estimate of drug-likeness (QED) is 0.625. The Kier molecular flexibility index (Phi) is 11.3. The molecule has 0 saturated carbocycles. The summed E-state index contributed by atoms with van der Waals surface area (Å²) in [6, 6.07) is 5.41. The summed E-state index contributed by atoms with van der Waals surface area (Å²) in [5.41, 5.74) is 2.51. The largest absolute Gasteiger partial charge is 0.394 e. The summed E-state index contributed by atoms with van der Waals surface area (Å²) in [6.07, 6.45) is 6.84. The summed E-state index contributed by atoms with van der Waals surface area (Å²) in [4.78, 5) is 29.9. The lowest BCUT2D eigenvalue weighted by molar-refractivity contribution is -0.116. The van der Waals surface area contributed by atoms with Crippen molar-refractivity contribution in [2.24, 2.45) is 11.8 Å². The van der Waals surface area contributed by atoms with E-state index in [9.17, 15) is 14.7 Å². The van der Waals surface area contributed by atoms with E-state index in [0.29, 0.717) is 18.0 Å². The number of amides is 2. The van der Waals surface area contributed by atoms with Gasteiger partial charge < -0.3 is 15.3 Å². The first-order valence-corrected chi connectivity index (χ1v) is 12.8. The molecule has 1 aromatic rings. The number of fused-ring (bicyclic) bond motifs is 1. The minimum absolute atomic E-state index is 0.0411. The molecule has 2 rings (SSSR count). The molecule has 0 spiro atoms. The maximum atomic E-state index is 13.0. The van der Waals surface area contributed by atoms with Crippen LogP contribution in [0.4, 0.5) is 5.69 Å². The zero-order chi connectivity index (χ0) is 24.4. The van der Waals surface area contributed by atoms with Crippen LogP contribution in [0.25, 0.3) is 0 Å². The van der Waals surface area contributed by atoms with Gasteiger partial charge in [0.15, 0.2) is 0 Å². The lowest BCUT2D eigenvalue weighted by Crippen LogP contribution is -2.41. The average molecular weight is 460 g/mol. The van der Waals surface area contributed by atoms with Crippen LogP contribution >= 0.6 is 0 Å². The first-order valence-electron chi connectivity index (χ1n) is 12.8. The monoisotopic (exact) mass is 459 g/mol. The first kappa shape index (κ1) is 27.3. The van der Waals surface area contributed by atoms with Gasteiger partial charge in [-0.2, -0.15) is 0 Å². The van der Waals surface area contributed by atoms with Gasteiger partial charge in [-0.3, -0.25) is 14.5 Å². The summed E-state index contributed by atoms with van der Waals surface area (Å²) in [5, 5.41) is 12.6. The van der Waals surface area contributed by atoms with Gasteiger partial charge in [-0.1, -0.05) is 47.0 Å². The minimum atomic E-state index is -0.283. The van der Waals surface area contributed by atoms with Gasteiger partial charge in [0.25, 0.3) is 5.91 Å². The number of rotatable bonds is 7. The Hall–Kier alpha value is -1.92. The molecular formula is C27H45N3O3. The Bertz CT molecular complexity index is 763. The van der Waals surface area contributed by atoms with Gasteiger partial charge in [-0.25, -0.2) is 0 Å². The lowest BCUT2D eigenvalue weighted by Gasteiger charge is -2.29. The molecule has 1 aliphatic rings. The molecule has 1 aliphatic heterocycles. The van der Waals surface area contributed by atoms with Crippen molar-refractivity contribution in [3.05, 3.63) is 29.3 Å². The molecule has 186 valence electrons. The van der Waals surface area contributed by atoms with E-state index in [4.69, 9.17) is 0 Å². The van der Waals surface area contributed by atoms with E-state index in [0.717, 1.165) is 50.1 Å². The van der Waals surface area contributed by atoms with E-state index >= 15 is 0 Å². The molecule has 6 nitrogen and oxygen atoms in total. The molecule has 1 atom stereocenters. The number of carbonyl (C=O) groups excluding carboxylic acids is 2. The molecule has 0 fully saturated rings. The van der Waals surface area contributed by atoms with Crippen LogP contribution in [0.2, 0.25) is 0 Å². The predicted molar refractivity (Wildman–Crippen MR) is 135 cm³/mol. The molecule has 1 aromatic carbocycles. The third-order valence-electron chi connectivity index (χ3n) is 6.60. The van der Waals surface area contributed by atoms with E-state index in [2.05, 4.69) is 24.1 Å². The summed E-state index contributed by atoms with van der Waals surface area (Å²) in [7, 11) is 0. The number of benzene rings is 1. The Morgan fingerprint density at radius 1 is 1.03 bits per heavy atom. The van der Waals surface area contributed by atoms with Gasteiger partial charge in [0.2, 0.25) is 5.91 Å². The molecule has 1 heterocycles. The van der Waals surface area contributed by atoms with Gasteiger partial charge in [0.05, 0.1) is 12.6 Å². The van der Waals surface area contributed by atoms with Crippen LogP contribution in [0.3, 0.4) is 0 Å². The van der Waals surface area contributed by atoms with E-state index in [-0.39, 0.29) is 30.4 Å². The van der Waals surface area contributed by atoms with Crippen LogP contribution in [0.1, 0.15) is 89.1 Å². The Balaban J connectivity index is 2.40. The Labute approximate surface area is 200 Å². The van der Waals surface area contributed by atoms with Crippen molar-refractivity contribution >= 4 is 17.5 Å². The number of hydrogen-bond donors (Lipinski definition) is 2. The average Bonchev–Trinajstić information content (AvgIpc) is 2.75. The van der Waals surface area contributed by atoms with Crippen molar-refractivity contribution in [1.29, 1.82) is 0 Å². The smallest absolute Gasteiger partial charge is 0.251 e. The fourth-order valence-corrected chi connectivity index (χ4v) is 4.33. The summed E-state index contributed by atoms with van der Waals surface area (Å²) >= 11 is 0. The standard InChI is InChI=1S/C27H45N3O3/c1-20(2)13-16-29-14-9-7-6-8-10-15-30(22(5)32)26-12-11-23(17-24(26)18-29)27(33)28-25(19-31)21(3)4/h11-12,17,20-21,25,31H,6-10,13-16,18-19H2,1-5H3,(H,28,33)/t25-/m1/s1. The molecule has 0 aliphatic carbocycles. The number of carbonyl (C=O) groups is 2. The molecule has 0 unspecified atom stereocenters. The normalized spacial score (nSPS) is 17.3.